The number of likely N-dealkylation sites (N-methyl/N-ethyl adjacent to an activating group) is 1. The van der Waals surface area contributed by atoms with Gasteiger partial charge in [0, 0.05) is 19.0 Å². The van der Waals surface area contributed by atoms with Crippen LogP contribution in [0.2, 0.25) is 0 Å². The Balaban J connectivity index is 2.41. The number of hydrogen-bond donors (Lipinski definition) is 1. The number of hydrogen-bond acceptors (Lipinski definition) is 3. The third kappa shape index (κ3) is 2.68. The third-order valence-corrected chi connectivity index (χ3v) is 2.83. The molecule has 13 heavy (non-hydrogen) atoms. The monoisotopic (exact) mass is 182 g/mol. The molecule has 1 N–H and O–H groups in total. The van der Waals surface area contributed by atoms with Gasteiger partial charge in [-0.3, -0.25) is 4.90 Å². The number of nitrogens with zero attached hydrogens (tertiary/aromatic N) is 2. The van der Waals surface area contributed by atoms with Crippen LogP contribution in [0.3, 0.4) is 0 Å². The molecule has 0 radical (unpaired) electrons. The zero-order valence-corrected chi connectivity index (χ0v) is 8.24. The van der Waals surface area contributed by atoms with Gasteiger partial charge in [-0.1, -0.05) is 6.92 Å². The molecular formula is C10H18N2O. The summed E-state index contributed by atoms with van der Waals surface area (Å²) in [6.07, 6.45) is 3.53. The van der Waals surface area contributed by atoms with Crippen LogP contribution in [0.25, 0.3) is 0 Å². The maximum atomic E-state index is 9.67. The highest BCUT2D eigenvalue weighted by molar-refractivity contribution is 4.86. The van der Waals surface area contributed by atoms with Crippen LogP contribution >= 0.6 is 0 Å². The van der Waals surface area contributed by atoms with Crippen molar-refractivity contribution in [2.75, 3.05) is 13.1 Å². The Bertz CT molecular complexity index is 188. The lowest BCUT2D eigenvalue weighted by atomic mass is 10.1. The molecule has 1 fully saturated rings. The molecule has 1 aliphatic carbocycles. The second-order valence-corrected chi connectivity index (χ2v) is 3.60. The van der Waals surface area contributed by atoms with Crippen molar-refractivity contribution in [2.45, 2.75) is 44.8 Å². The highest BCUT2D eigenvalue weighted by Gasteiger charge is 2.29. The average molecular weight is 182 g/mol. The molecule has 3 heteroatoms. The van der Waals surface area contributed by atoms with Gasteiger partial charge in [0.1, 0.15) is 0 Å². The minimum Gasteiger partial charge on any atom is -0.391 e. The molecule has 0 bridgehead atoms. The molecule has 1 aliphatic rings. The van der Waals surface area contributed by atoms with Gasteiger partial charge in [0.2, 0.25) is 0 Å². The fourth-order valence-corrected chi connectivity index (χ4v) is 2.10. The standard InChI is InChI=1S/C10H18N2O/c1-2-12(8-4-7-11)9-5-3-6-10(9)13/h9-10,13H,2-6,8H2,1H3/t9-,10-/m1/s1. The summed E-state index contributed by atoms with van der Waals surface area (Å²) in [7, 11) is 0. The van der Waals surface area contributed by atoms with E-state index in [2.05, 4.69) is 17.9 Å². The Kier molecular flexibility index (Phi) is 4.20. The summed E-state index contributed by atoms with van der Waals surface area (Å²) in [4.78, 5) is 2.22. The normalized spacial score (nSPS) is 27.8. The SMILES string of the molecule is CCN(CCC#N)[C@@H]1CCC[C@H]1O. The van der Waals surface area contributed by atoms with Crippen molar-refractivity contribution in [3.63, 3.8) is 0 Å². The quantitative estimate of drug-likeness (QED) is 0.709. The molecule has 2 atom stereocenters. The van der Waals surface area contributed by atoms with Crippen molar-refractivity contribution in [2.24, 2.45) is 0 Å². The van der Waals surface area contributed by atoms with Crippen molar-refractivity contribution < 1.29 is 5.11 Å². The van der Waals surface area contributed by atoms with E-state index in [9.17, 15) is 5.11 Å². The molecule has 0 heterocycles. The van der Waals surface area contributed by atoms with Gasteiger partial charge in [-0.2, -0.15) is 5.26 Å². The minimum atomic E-state index is -0.168. The van der Waals surface area contributed by atoms with Crippen LogP contribution in [-0.2, 0) is 0 Å². The van der Waals surface area contributed by atoms with Crippen LogP contribution in [-0.4, -0.2) is 35.2 Å². The third-order valence-electron chi connectivity index (χ3n) is 2.83. The minimum absolute atomic E-state index is 0.168. The first kappa shape index (κ1) is 10.5. The first-order valence-electron chi connectivity index (χ1n) is 5.08. The van der Waals surface area contributed by atoms with Crippen LogP contribution in [0.4, 0.5) is 0 Å². The lowest BCUT2D eigenvalue weighted by Crippen LogP contribution is -2.40. The van der Waals surface area contributed by atoms with Crippen LogP contribution in [0.5, 0.6) is 0 Å². The first-order chi connectivity index (χ1) is 6.29. The van der Waals surface area contributed by atoms with Crippen molar-refractivity contribution in [3.8, 4) is 6.07 Å². The Morgan fingerprint density at radius 1 is 1.54 bits per heavy atom. The zero-order chi connectivity index (χ0) is 9.68. The van der Waals surface area contributed by atoms with E-state index < -0.39 is 0 Å². The van der Waals surface area contributed by atoms with Gasteiger partial charge in [0.05, 0.1) is 12.2 Å². The van der Waals surface area contributed by atoms with E-state index in [-0.39, 0.29) is 6.10 Å². The maximum Gasteiger partial charge on any atom is 0.0695 e. The summed E-state index contributed by atoms with van der Waals surface area (Å²) >= 11 is 0. The summed E-state index contributed by atoms with van der Waals surface area (Å²) in [6.45, 7) is 3.82. The zero-order valence-electron chi connectivity index (χ0n) is 8.24. The lowest BCUT2D eigenvalue weighted by molar-refractivity contribution is 0.0751. The molecule has 1 rings (SSSR count). The summed E-state index contributed by atoms with van der Waals surface area (Å²) in [5.74, 6) is 0. The summed E-state index contributed by atoms with van der Waals surface area (Å²) in [6, 6.07) is 2.45. The summed E-state index contributed by atoms with van der Waals surface area (Å²) < 4.78 is 0. The van der Waals surface area contributed by atoms with Gasteiger partial charge in [0.25, 0.3) is 0 Å². The Hall–Kier alpha value is -0.590. The van der Waals surface area contributed by atoms with Crippen LogP contribution in [0.1, 0.15) is 32.6 Å². The van der Waals surface area contributed by atoms with Gasteiger partial charge >= 0.3 is 0 Å². The topological polar surface area (TPSA) is 47.3 Å². The fraction of sp³-hybridized carbons (Fsp3) is 0.900. The fourth-order valence-electron chi connectivity index (χ4n) is 2.10. The van der Waals surface area contributed by atoms with Crippen LogP contribution in [0.15, 0.2) is 0 Å². The van der Waals surface area contributed by atoms with Crippen molar-refractivity contribution in [1.82, 2.24) is 4.90 Å². The van der Waals surface area contributed by atoms with Gasteiger partial charge in [-0.15, -0.1) is 0 Å². The lowest BCUT2D eigenvalue weighted by Gasteiger charge is -2.28. The second-order valence-electron chi connectivity index (χ2n) is 3.60. The molecule has 74 valence electrons. The molecule has 3 nitrogen and oxygen atoms in total. The summed E-state index contributed by atoms with van der Waals surface area (Å²) in [5, 5.41) is 18.1. The van der Waals surface area contributed by atoms with E-state index in [0.29, 0.717) is 12.5 Å². The van der Waals surface area contributed by atoms with Crippen molar-refractivity contribution in [3.05, 3.63) is 0 Å². The average Bonchev–Trinajstić information content (AvgIpc) is 2.54. The van der Waals surface area contributed by atoms with Crippen molar-refractivity contribution in [1.29, 1.82) is 5.26 Å². The van der Waals surface area contributed by atoms with Gasteiger partial charge in [-0.25, -0.2) is 0 Å². The number of aliphatic hydroxyl groups excluding tert-OH is 1. The van der Waals surface area contributed by atoms with Crippen molar-refractivity contribution >= 4 is 0 Å². The molecule has 0 aromatic carbocycles. The molecule has 1 saturated carbocycles. The highest BCUT2D eigenvalue weighted by atomic mass is 16.3. The van der Waals surface area contributed by atoms with E-state index in [1.807, 2.05) is 0 Å². The first-order valence-corrected chi connectivity index (χ1v) is 5.08. The number of aliphatic hydroxyl groups is 1. The molecule has 0 spiro atoms. The van der Waals surface area contributed by atoms with E-state index in [4.69, 9.17) is 5.26 Å². The molecule has 0 aromatic rings. The second kappa shape index (κ2) is 5.21. The van der Waals surface area contributed by atoms with Gasteiger partial charge < -0.3 is 5.11 Å². The Labute approximate surface area is 80.0 Å². The molecule has 0 amide bonds. The maximum absolute atomic E-state index is 9.67. The Morgan fingerprint density at radius 2 is 2.31 bits per heavy atom. The predicted molar refractivity (Wildman–Crippen MR) is 51.1 cm³/mol. The van der Waals surface area contributed by atoms with Crippen LogP contribution < -0.4 is 0 Å². The Morgan fingerprint density at radius 3 is 2.77 bits per heavy atom. The summed E-state index contributed by atoms with van der Waals surface area (Å²) in [5.41, 5.74) is 0. The predicted octanol–water partition coefficient (Wildman–Crippen LogP) is 1.14. The molecule has 0 aliphatic heterocycles. The number of rotatable bonds is 4. The van der Waals surface area contributed by atoms with Gasteiger partial charge in [-0.05, 0) is 25.8 Å². The van der Waals surface area contributed by atoms with Crippen LogP contribution in [0, 0.1) is 11.3 Å². The smallest absolute Gasteiger partial charge is 0.0695 e. The highest BCUT2D eigenvalue weighted by Crippen LogP contribution is 2.23. The molecule has 0 saturated heterocycles. The van der Waals surface area contributed by atoms with E-state index in [0.717, 1.165) is 32.4 Å². The largest absolute Gasteiger partial charge is 0.391 e. The molecule has 0 unspecified atom stereocenters. The van der Waals surface area contributed by atoms with E-state index in [1.165, 1.54) is 0 Å². The molecular weight excluding hydrogens is 164 g/mol. The molecule has 0 aromatic heterocycles. The number of nitriles is 1. The van der Waals surface area contributed by atoms with Gasteiger partial charge in [0.15, 0.2) is 0 Å². The van der Waals surface area contributed by atoms with E-state index in [1.54, 1.807) is 0 Å². The van der Waals surface area contributed by atoms with E-state index >= 15 is 0 Å².